The van der Waals surface area contributed by atoms with Crippen molar-refractivity contribution in [1.29, 1.82) is 0 Å². The number of nitro benzene ring substituents is 1. The van der Waals surface area contributed by atoms with Gasteiger partial charge in [-0.25, -0.2) is 4.79 Å². The number of esters is 1. The van der Waals surface area contributed by atoms with Gasteiger partial charge in [-0.2, -0.15) is 9.78 Å². The highest BCUT2D eigenvalue weighted by atomic mass is 32.1. The van der Waals surface area contributed by atoms with E-state index < -0.39 is 22.4 Å². The van der Waals surface area contributed by atoms with E-state index in [4.69, 9.17) is 4.74 Å². The predicted octanol–water partition coefficient (Wildman–Crippen LogP) is 4.91. The number of hydrogen-bond donors (Lipinski definition) is 1. The van der Waals surface area contributed by atoms with Crippen molar-refractivity contribution >= 4 is 44.7 Å². The lowest BCUT2D eigenvalue weighted by atomic mass is 10.0. The van der Waals surface area contributed by atoms with Crippen LogP contribution in [0.2, 0.25) is 0 Å². The van der Waals surface area contributed by atoms with Gasteiger partial charge in [0.15, 0.2) is 5.69 Å². The molecule has 0 aliphatic rings. The van der Waals surface area contributed by atoms with Gasteiger partial charge in [0.05, 0.1) is 22.6 Å². The summed E-state index contributed by atoms with van der Waals surface area (Å²) in [6.45, 7) is 5.87. The topological polar surface area (TPSA) is 133 Å². The maximum absolute atomic E-state index is 13.5. The molecule has 0 saturated carbocycles. The monoisotopic (exact) mass is 506 g/mol. The lowest BCUT2D eigenvalue weighted by Gasteiger charge is -2.11. The van der Waals surface area contributed by atoms with Crippen molar-refractivity contribution in [2.24, 2.45) is 0 Å². The van der Waals surface area contributed by atoms with E-state index >= 15 is 0 Å². The Hall–Kier alpha value is -4.38. The van der Waals surface area contributed by atoms with Crippen LogP contribution in [-0.2, 0) is 4.74 Å². The van der Waals surface area contributed by atoms with Gasteiger partial charge < -0.3 is 10.1 Å². The molecular weight excluding hydrogens is 484 g/mol. The normalized spacial score (nSPS) is 11.0. The highest BCUT2D eigenvalue weighted by Gasteiger charge is 2.24. The second-order valence-electron chi connectivity index (χ2n) is 8.15. The van der Waals surface area contributed by atoms with Gasteiger partial charge in [-0.1, -0.05) is 32.0 Å². The van der Waals surface area contributed by atoms with Crippen molar-refractivity contribution in [2.75, 3.05) is 11.9 Å². The summed E-state index contributed by atoms with van der Waals surface area (Å²) in [4.78, 5) is 49.6. The van der Waals surface area contributed by atoms with E-state index in [0.717, 1.165) is 27.6 Å². The first-order chi connectivity index (χ1) is 17.2. The van der Waals surface area contributed by atoms with E-state index in [9.17, 15) is 24.5 Å². The number of benzene rings is 2. The number of amides is 1. The average molecular weight is 507 g/mol. The zero-order chi connectivity index (χ0) is 26.0. The van der Waals surface area contributed by atoms with Gasteiger partial charge in [0, 0.05) is 28.5 Å². The Labute approximate surface area is 209 Å². The highest BCUT2D eigenvalue weighted by Crippen LogP contribution is 2.31. The van der Waals surface area contributed by atoms with Crippen LogP contribution >= 0.6 is 11.3 Å². The molecule has 1 N–H and O–H groups in total. The third-order valence-corrected chi connectivity index (χ3v) is 6.37. The largest absolute Gasteiger partial charge is 0.461 e. The van der Waals surface area contributed by atoms with Crippen LogP contribution in [0.4, 0.5) is 10.7 Å². The number of non-ortho nitro benzene ring substituents is 1. The summed E-state index contributed by atoms with van der Waals surface area (Å²) < 4.78 is 6.25. The molecule has 10 nitrogen and oxygen atoms in total. The van der Waals surface area contributed by atoms with Crippen molar-refractivity contribution < 1.29 is 19.2 Å². The number of carbonyl (C=O) groups excluding carboxylic acids is 2. The molecule has 0 bridgehead atoms. The Balaban J connectivity index is 1.84. The summed E-state index contributed by atoms with van der Waals surface area (Å²) in [7, 11) is 0. The zero-order valence-electron chi connectivity index (χ0n) is 19.7. The van der Waals surface area contributed by atoms with Gasteiger partial charge >= 0.3 is 5.97 Å². The molecule has 4 aromatic rings. The SMILES string of the molecule is CCOC(=O)c1nn(-c2ccc(C(C)C)cc2)c(=O)c2c(NC(=O)c3cccc([N+](=O)[O-])c3)scc12. The fraction of sp³-hybridized carbons (Fsp3) is 0.200. The van der Waals surface area contributed by atoms with Crippen LogP contribution in [0.1, 0.15) is 53.1 Å². The zero-order valence-corrected chi connectivity index (χ0v) is 20.5. The molecule has 0 unspecified atom stereocenters. The minimum Gasteiger partial charge on any atom is -0.461 e. The third kappa shape index (κ3) is 4.73. The number of anilines is 1. The molecule has 2 aromatic carbocycles. The van der Waals surface area contributed by atoms with Gasteiger partial charge in [-0.15, -0.1) is 11.3 Å². The number of carbonyl (C=O) groups is 2. The van der Waals surface area contributed by atoms with Crippen LogP contribution in [0.15, 0.2) is 58.7 Å². The third-order valence-electron chi connectivity index (χ3n) is 5.47. The van der Waals surface area contributed by atoms with Crippen molar-refractivity contribution in [1.82, 2.24) is 9.78 Å². The summed E-state index contributed by atoms with van der Waals surface area (Å²) in [6, 6.07) is 12.5. The fourth-order valence-corrected chi connectivity index (χ4v) is 4.54. The highest BCUT2D eigenvalue weighted by molar-refractivity contribution is 7.16. The van der Waals surface area contributed by atoms with Gasteiger partial charge in [0.2, 0.25) is 0 Å². The summed E-state index contributed by atoms with van der Waals surface area (Å²) in [5.74, 6) is -1.05. The van der Waals surface area contributed by atoms with Gasteiger partial charge in [-0.3, -0.25) is 19.7 Å². The van der Waals surface area contributed by atoms with Crippen LogP contribution in [0.25, 0.3) is 16.5 Å². The maximum atomic E-state index is 13.5. The second-order valence-corrected chi connectivity index (χ2v) is 9.03. The van der Waals surface area contributed by atoms with Crippen molar-refractivity contribution in [2.45, 2.75) is 26.7 Å². The lowest BCUT2D eigenvalue weighted by Crippen LogP contribution is -2.25. The fourth-order valence-electron chi connectivity index (χ4n) is 3.60. The van der Waals surface area contributed by atoms with Crippen molar-refractivity contribution in [3.05, 3.63) is 91.2 Å². The number of thiophene rings is 1. The van der Waals surface area contributed by atoms with Crippen molar-refractivity contribution in [3.63, 3.8) is 0 Å². The molecule has 2 heterocycles. The molecule has 11 heteroatoms. The molecule has 0 spiro atoms. The minimum absolute atomic E-state index is 0.0509. The van der Waals surface area contributed by atoms with Gasteiger partial charge in [-0.05, 0) is 36.6 Å². The van der Waals surface area contributed by atoms with E-state index in [1.165, 1.54) is 18.2 Å². The molecule has 0 fully saturated rings. The van der Waals surface area contributed by atoms with Crippen LogP contribution in [-0.4, -0.2) is 33.2 Å². The standard InChI is InChI=1S/C25H22N4O6S/c1-4-35-25(32)21-19-13-36-23(26-22(30)16-6-5-7-18(12-16)29(33)34)20(19)24(31)28(27-21)17-10-8-15(9-11-17)14(2)3/h5-14H,4H2,1-3H3,(H,26,30). The Morgan fingerprint density at radius 3 is 2.56 bits per heavy atom. The van der Waals surface area contributed by atoms with E-state index in [1.807, 2.05) is 26.0 Å². The number of rotatable bonds is 7. The number of ether oxygens (including phenoxy) is 1. The van der Waals surface area contributed by atoms with E-state index in [2.05, 4.69) is 10.4 Å². The molecule has 0 aliphatic heterocycles. The van der Waals surface area contributed by atoms with E-state index in [1.54, 1.807) is 24.4 Å². The van der Waals surface area contributed by atoms with Gasteiger partial charge in [0.25, 0.3) is 17.2 Å². The molecule has 0 saturated heterocycles. The summed E-state index contributed by atoms with van der Waals surface area (Å²) in [5.41, 5.74) is 0.727. The summed E-state index contributed by atoms with van der Waals surface area (Å²) in [5, 5.41) is 20.1. The average Bonchev–Trinajstić information content (AvgIpc) is 3.28. The van der Waals surface area contributed by atoms with Crippen molar-refractivity contribution in [3.8, 4) is 5.69 Å². The summed E-state index contributed by atoms with van der Waals surface area (Å²) in [6.07, 6.45) is 0. The number of nitrogens with one attached hydrogen (secondary N) is 1. The number of hydrogen-bond acceptors (Lipinski definition) is 8. The smallest absolute Gasteiger partial charge is 0.359 e. The maximum Gasteiger partial charge on any atom is 0.359 e. The van der Waals surface area contributed by atoms with Gasteiger partial charge in [0.1, 0.15) is 5.00 Å². The number of aromatic nitrogens is 2. The van der Waals surface area contributed by atoms with Crippen LogP contribution in [0.3, 0.4) is 0 Å². The first kappa shape index (κ1) is 24.7. The molecule has 2 aromatic heterocycles. The quantitative estimate of drug-likeness (QED) is 0.214. The molecule has 36 heavy (non-hydrogen) atoms. The molecule has 184 valence electrons. The van der Waals surface area contributed by atoms with Crippen LogP contribution in [0.5, 0.6) is 0 Å². The Morgan fingerprint density at radius 1 is 1.19 bits per heavy atom. The molecular formula is C25H22N4O6S. The molecule has 0 atom stereocenters. The van der Waals surface area contributed by atoms with E-state index in [-0.39, 0.29) is 45.2 Å². The Morgan fingerprint density at radius 2 is 1.92 bits per heavy atom. The predicted molar refractivity (Wildman–Crippen MR) is 136 cm³/mol. The molecule has 0 radical (unpaired) electrons. The number of nitro groups is 1. The van der Waals surface area contributed by atoms with E-state index in [0.29, 0.717) is 5.69 Å². The first-order valence-electron chi connectivity index (χ1n) is 11.1. The summed E-state index contributed by atoms with van der Waals surface area (Å²) >= 11 is 1.04. The molecule has 1 amide bonds. The molecule has 0 aliphatic carbocycles. The lowest BCUT2D eigenvalue weighted by molar-refractivity contribution is -0.384. The minimum atomic E-state index is -0.704. The van der Waals surface area contributed by atoms with Crippen LogP contribution < -0.4 is 10.9 Å². The first-order valence-corrected chi connectivity index (χ1v) is 12.0. The number of fused-ring (bicyclic) bond motifs is 1. The van der Waals surface area contributed by atoms with Crippen LogP contribution in [0, 0.1) is 10.1 Å². The number of nitrogens with zero attached hydrogens (tertiary/aromatic N) is 3. The second kappa shape index (κ2) is 10.1. The Bertz CT molecular complexity index is 1540. The Kier molecular flexibility index (Phi) is 6.93. The molecule has 4 rings (SSSR count).